The number of aliphatic hydroxyl groups is 12. The number of allylic oxidation sites excluding steroid dienone is 2. The van der Waals surface area contributed by atoms with E-state index in [1.807, 2.05) is 34.6 Å². The highest BCUT2D eigenvalue weighted by atomic mass is 16.8. The zero-order chi connectivity index (χ0) is 55.6. The summed E-state index contributed by atoms with van der Waals surface area (Å²) in [5, 5.41) is 146. The number of carbonyl (C=O) groups excluding carboxylic acids is 1. The fourth-order valence-electron chi connectivity index (χ4n) is 15.8. The Balaban J connectivity index is 1.11. The number of esters is 1. The molecule has 3 aliphatic heterocycles. The Bertz CT molecular complexity index is 2170. The molecule has 0 spiro atoms. The van der Waals surface area contributed by atoms with Gasteiger partial charge in [-0.2, -0.15) is 0 Å². The number of aliphatic hydroxyl groups excluding tert-OH is 12. The molecule has 7 fully saturated rings. The molecule has 5 aliphatic carbocycles. The van der Waals surface area contributed by atoms with Crippen LogP contribution in [0.15, 0.2) is 23.3 Å². The van der Waals surface area contributed by atoms with E-state index in [2.05, 4.69) is 19.9 Å². The van der Waals surface area contributed by atoms with Crippen molar-refractivity contribution in [2.24, 2.45) is 50.2 Å². The van der Waals surface area contributed by atoms with E-state index in [9.17, 15) is 76.0 Å². The summed E-state index contributed by atoms with van der Waals surface area (Å²) < 4.78 is 42.3. The van der Waals surface area contributed by atoms with Crippen molar-refractivity contribution in [3.8, 4) is 0 Å². The monoisotopic (exact) mass is 1070 g/mol. The molecule has 22 nitrogen and oxygen atoms in total. The summed E-state index contributed by atoms with van der Waals surface area (Å²) in [5.41, 5.74) is -4.35. The highest BCUT2D eigenvalue weighted by Crippen LogP contribution is 2.76. The summed E-state index contributed by atoms with van der Waals surface area (Å²) in [6.07, 6.45) is -26.7. The van der Waals surface area contributed by atoms with Crippen molar-refractivity contribution in [3.63, 3.8) is 0 Å². The Kier molecular flexibility index (Phi) is 16.2. The van der Waals surface area contributed by atoms with Crippen LogP contribution >= 0.6 is 0 Å². The van der Waals surface area contributed by atoms with Gasteiger partial charge in [-0.05, 0) is 98.7 Å². The molecule has 8 aliphatic rings. The molecule has 75 heavy (non-hydrogen) atoms. The van der Waals surface area contributed by atoms with Gasteiger partial charge >= 0.3 is 11.9 Å². The van der Waals surface area contributed by atoms with E-state index >= 15 is 0 Å². The van der Waals surface area contributed by atoms with Gasteiger partial charge in [0.25, 0.3) is 0 Å². The number of carboxylic acids is 1. The van der Waals surface area contributed by atoms with Crippen molar-refractivity contribution < 1.29 is 109 Å². The van der Waals surface area contributed by atoms with Gasteiger partial charge in [0.2, 0.25) is 0 Å². The zero-order valence-electron chi connectivity index (χ0n) is 44.6. The standard InChI is InChI=1S/C53H84O22/c1-11-21(2)44(68)75-42-41(65)48(4,5)18-24-23-12-13-27-50(8)16-15-28(49(6,7)26(50)14-17-51(27,9)52(23,10)39(63)40(64)53(24,42)20-55)71-47-37(73-46-34(61)32(59)30(57)25(19-54)70-46)35(62)36(38(74-47)43(66)67)72-45-33(60)31(58)29(56)22(3)69-45/h11-12,22,24-42,45-47,54-65H,13-20H2,1-10H3,(H,66,67)/b21-11-/t22-,24?,25+,26-,27+,28-,29-,30+,31+,32-,33+,34+,35-,36-,37+,38-,39-,40+,41-,42-,45-,46-,47+,50-,51+,52-,53-/m0/s1. The molecule has 0 aromatic carbocycles. The van der Waals surface area contributed by atoms with Crippen molar-refractivity contribution in [1.82, 2.24) is 0 Å². The maximum atomic E-state index is 13.4. The summed E-state index contributed by atoms with van der Waals surface area (Å²) in [5.74, 6) is -3.19. The van der Waals surface area contributed by atoms with Crippen LogP contribution in [0.5, 0.6) is 0 Å². The Hall–Kier alpha value is -2.30. The average molecular weight is 1070 g/mol. The highest BCUT2D eigenvalue weighted by Gasteiger charge is 2.76. The Morgan fingerprint density at radius 1 is 0.707 bits per heavy atom. The number of hydrogen-bond donors (Lipinski definition) is 13. The van der Waals surface area contributed by atoms with Crippen LogP contribution in [-0.2, 0) is 42.7 Å². The lowest BCUT2D eigenvalue weighted by Crippen LogP contribution is -2.76. The maximum Gasteiger partial charge on any atom is 0.335 e. The van der Waals surface area contributed by atoms with Crippen LogP contribution in [0.2, 0.25) is 0 Å². The van der Waals surface area contributed by atoms with E-state index in [1.54, 1.807) is 19.9 Å². The van der Waals surface area contributed by atoms with E-state index < -0.39 is 186 Å². The summed E-state index contributed by atoms with van der Waals surface area (Å²) in [7, 11) is 0. The van der Waals surface area contributed by atoms with Gasteiger partial charge in [0, 0.05) is 11.0 Å². The minimum absolute atomic E-state index is 0.113. The number of ether oxygens (including phenoxy) is 7. The number of carboxylic acid groups (broad SMARTS) is 1. The maximum absolute atomic E-state index is 13.4. The second-order valence-electron chi connectivity index (χ2n) is 25.1. The van der Waals surface area contributed by atoms with E-state index in [-0.39, 0.29) is 17.4 Å². The summed E-state index contributed by atoms with van der Waals surface area (Å²) >= 11 is 0. The van der Waals surface area contributed by atoms with Crippen LogP contribution < -0.4 is 0 Å². The van der Waals surface area contributed by atoms with E-state index in [1.165, 1.54) is 6.92 Å². The first-order valence-corrected chi connectivity index (χ1v) is 26.6. The SMILES string of the molecule is C/C=C(/C)C(=O)O[C@H]1[C@H](O)C(C)(C)CC2C3=CC[C@@H]4[C@@]5(C)CC[C@H](O[C@@H]6O[C@H](C(=O)O)[C@@H](O[C@@H]7O[C@@H](C)[C@H](O)[C@@H](O)[C@H]7O)[C@H](O)[C@H]6O[C@@H]6O[C@H](CO)[C@@H](O)[C@H](O)[C@H]6O)C(C)(C)[C@@H]5CC[C@@]4(C)[C@]3(C)[C@@H](O)[C@@H](O)[C@]21CO. The minimum atomic E-state index is -2.07. The lowest BCUT2D eigenvalue weighted by Gasteiger charge is -2.73. The first-order chi connectivity index (χ1) is 34.9. The third-order valence-electron chi connectivity index (χ3n) is 20.7. The van der Waals surface area contributed by atoms with E-state index in [4.69, 9.17) is 33.2 Å². The molecule has 0 radical (unpaired) electrons. The van der Waals surface area contributed by atoms with Crippen LogP contribution in [0.3, 0.4) is 0 Å². The van der Waals surface area contributed by atoms with Crippen molar-refractivity contribution in [2.75, 3.05) is 13.2 Å². The summed E-state index contributed by atoms with van der Waals surface area (Å²) in [6, 6.07) is 0. The molecule has 3 saturated heterocycles. The van der Waals surface area contributed by atoms with Gasteiger partial charge in [-0.3, -0.25) is 0 Å². The summed E-state index contributed by atoms with van der Waals surface area (Å²) in [6.45, 7) is 17.3. The molecular weight excluding hydrogens is 989 g/mol. The number of fused-ring (bicyclic) bond motifs is 7. The highest BCUT2D eigenvalue weighted by molar-refractivity contribution is 5.87. The minimum Gasteiger partial charge on any atom is -0.479 e. The quantitative estimate of drug-likeness (QED) is 0.0518. The molecular formula is C53H84O22. The van der Waals surface area contributed by atoms with Crippen molar-refractivity contribution >= 4 is 11.9 Å². The Morgan fingerprint density at radius 2 is 1.32 bits per heavy atom. The normalized spacial score (nSPS) is 52.5. The van der Waals surface area contributed by atoms with Gasteiger partial charge in [-0.25, -0.2) is 9.59 Å². The van der Waals surface area contributed by atoms with Gasteiger partial charge in [0.15, 0.2) is 25.0 Å². The van der Waals surface area contributed by atoms with Gasteiger partial charge in [-0.15, -0.1) is 0 Å². The van der Waals surface area contributed by atoms with Crippen molar-refractivity contribution in [3.05, 3.63) is 23.3 Å². The molecule has 0 aromatic heterocycles. The van der Waals surface area contributed by atoms with Crippen LogP contribution in [0.4, 0.5) is 0 Å². The third kappa shape index (κ3) is 8.91. The number of hydrogen-bond acceptors (Lipinski definition) is 21. The molecule has 27 atom stereocenters. The van der Waals surface area contributed by atoms with Gasteiger partial charge < -0.3 is 99.5 Å². The van der Waals surface area contributed by atoms with Gasteiger partial charge in [0.05, 0.1) is 49.1 Å². The predicted molar refractivity (Wildman–Crippen MR) is 258 cm³/mol. The molecule has 3 heterocycles. The molecule has 4 saturated carbocycles. The van der Waals surface area contributed by atoms with Crippen molar-refractivity contribution in [1.29, 1.82) is 0 Å². The second kappa shape index (κ2) is 20.7. The zero-order valence-corrected chi connectivity index (χ0v) is 44.6. The first kappa shape index (κ1) is 58.8. The second-order valence-corrected chi connectivity index (χ2v) is 25.1. The third-order valence-corrected chi connectivity index (χ3v) is 20.7. The van der Waals surface area contributed by atoms with E-state index in [0.29, 0.717) is 38.5 Å². The largest absolute Gasteiger partial charge is 0.479 e. The first-order valence-electron chi connectivity index (χ1n) is 26.6. The lowest BCUT2D eigenvalue weighted by atomic mass is 9.32. The molecule has 22 heteroatoms. The molecule has 428 valence electrons. The number of rotatable bonds is 11. The average Bonchev–Trinajstić information content (AvgIpc) is 3.36. The Morgan fingerprint density at radius 3 is 1.92 bits per heavy atom. The molecule has 1 unspecified atom stereocenters. The smallest absolute Gasteiger partial charge is 0.335 e. The fraction of sp³-hybridized carbons (Fsp3) is 0.887. The van der Waals surface area contributed by atoms with Crippen LogP contribution in [0.25, 0.3) is 0 Å². The van der Waals surface area contributed by atoms with Crippen molar-refractivity contribution in [2.45, 2.75) is 230 Å². The molecule has 0 aromatic rings. The van der Waals surface area contributed by atoms with Crippen LogP contribution in [0, 0.1) is 50.2 Å². The summed E-state index contributed by atoms with van der Waals surface area (Å²) in [4.78, 5) is 26.5. The molecule has 8 rings (SSSR count). The molecule has 0 amide bonds. The predicted octanol–water partition coefficient (Wildman–Crippen LogP) is -0.866. The van der Waals surface area contributed by atoms with Crippen LogP contribution in [-0.4, -0.2) is 214 Å². The molecule has 13 N–H and O–H groups in total. The topological polar surface area (TPSA) is 362 Å². The van der Waals surface area contributed by atoms with E-state index in [0.717, 1.165) is 5.57 Å². The Labute approximate surface area is 437 Å². The van der Waals surface area contributed by atoms with Crippen LogP contribution in [0.1, 0.15) is 108 Å². The van der Waals surface area contributed by atoms with Gasteiger partial charge in [-0.1, -0.05) is 66.2 Å². The molecule has 0 bridgehead atoms. The van der Waals surface area contributed by atoms with Gasteiger partial charge in [0.1, 0.15) is 67.1 Å². The fourth-order valence-corrected chi connectivity index (χ4v) is 15.8. The lowest BCUT2D eigenvalue weighted by molar-refractivity contribution is -0.390. The number of aliphatic carboxylic acids is 1. The number of carbonyl (C=O) groups is 2.